The van der Waals surface area contributed by atoms with Crippen molar-refractivity contribution in [3.05, 3.63) is 59.7 Å². The van der Waals surface area contributed by atoms with Gasteiger partial charge in [0, 0.05) is 24.4 Å². The van der Waals surface area contributed by atoms with E-state index in [9.17, 15) is 4.79 Å². The normalized spacial score (nSPS) is 12.0. The van der Waals surface area contributed by atoms with Crippen LogP contribution in [0.4, 0.5) is 0 Å². The molecule has 0 amide bonds. The fourth-order valence-electron chi connectivity index (χ4n) is 2.44. The molecule has 2 rings (SSSR count). The van der Waals surface area contributed by atoms with E-state index in [1.165, 1.54) is 7.11 Å². The molecule has 0 atom stereocenters. The molecule has 1 aromatic heterocycles. The van der Waals surface area contributed by atoms with Gasteiger partial charge in [-0.1, -0.05) is 31.6 Å². The summed E-state index contributed by atoms with van der Waals surface area (Å²) in [6.45, 7) is 7.48. The highest BCUT2D eigenvalue weighted by molar-refractivity contribution is 5.89. The van der Waals surface area contributed by atoms with E-state index in [0.717, 1.165) is 29.0 Å². The summed E-state index contributed by atoms with van der Waals surface area (Å²) in [5, 5.41) is 0. The van der Waals surface area contributed by atoms with E-state index in [4.69, 9.17) is 9.47 Å². The monoisotopic (exact) mass is 342 g/mol. The van der Waals surface area contributed by atoms with E-state index in [-0.39, 0.29) is 5.97 Å². The molecule has 1 heterocycles. The number of benzene rings is 1. The van der Waals surface area contributed by atoms with Crippen molar-refractivity contribution in [3.63, 3.8) is 0 Å². The highest BCUT2D eigenvalue weighted by atomic mass is 16.5. The van der Waals surface area contributed by atoms with Crippen LogP contribution in [0, 0.1) is 5.92 Å². The van der Waals surface area contributed by atoms with Gasteiger partial charge >= 0.3 is 5.97 Å². The maximum Gasteiger partial charge on any atom is 0.334 e. The molecule has 25 heavy (non-hydrogen) atoms. The van der Waals surface area contributed by atoms with Crippen LogP contribution >= 0.6 is 0 Å². The Morgan fingerprint density at radius 3 is 2.52 bits per heavy atom. The van der Waals surface area contributed by atoms with Crippen LogP contribution in [0.3, 0.4) is 0 Å². The third kappa shape index (κ3) is 5.48. The van der Waals surface area contributed by atoms with E-state index in [2.05, 4.69) is 18.8 Å². The van der Waals surface area contributed by atoms with Gasteiger partial charge in [-0.3, -0.25) is 0 Å². The maximum atomic E-state index is 12.1. The van der Waals surface area contributed by atoms with Gasteiger partial charge in [0.1, 0.15) is 12.4 Å². The molecule has 134 valence electrons. The van der Waals surface area contributed by atoms with Crippen molar-refractivity contribution in [1.29, 1.82) is 0 Å². The summed E-state index contributed by atoms with van der Waals surface area (Å²) in [6.07, 6.45) is 5.99. The number of carbonyl (C=O) groups is 1. The summed E-state index contributed by atoms with van der Waals surface area (Å²) in [5.41, 5.74) is 2.85. The predicted octanol–water partition coefficient (Wildman–Crippen LogP) is 3.65. The van der Waals surface area contributed by atoms with Crippen LogP contribution in [0.2, 0.25) is 0 Å². The van der Waals surface area contributed by atoms with Crippen molar-refractivity contribution in [3.8, 4) is 5.75 Å². The standard InChI is InChI=1S/C20H26N2O3/c1-15(2)16(3)19(20(23)24-4)13-17-5-7-18(8-6-17)25-12-11-22-10-9-21-14-22/h5-10,14-15H,11-13H2,1-4H3. The van der Waals surface area contributed by atoms with Crippen molar-refractivity contribution in [2.75, 3.05) is 13.7 Å². The van der Waals surface area contributed by atoms with Gasteiger partial charge in [0.2, 0.25) is 0 Å². The minimum atomic E-state index is -0.258. The molecule has 0 aliphatic carbocycles. The van der Waals surface area contributed by atoms with Gasteiger partial charge in [0.25, 0.3) is 0 Å². The number of carbonyl (C=O) groups excluding carboxylic acids is 1. The minimum absolute atomic E-state index is 0.258. The Labute approximate surface area is 149 Å². The molecule has 0 fully saturated rings. The summed E-state index contributed by atoms with van der Waals surface area (Å²) in [6, 6.07) is 7.85. The molecule has 1 aromatic carbocycles. The van der Waals surface area contributed by atoms with Gasteiger partial charge in [-0.15, -0.1) is 0 Å². The molecular formula is C20H26N2O3. The molecule has 0 N–H and O–H groups in total. The number of aromatic nitrogens is 2. The number of rotatable bonds is 8. The Morgan fingerprint density at radius 1 is 1.24 bits per heavy atom. The Bertz CT molecular complexity index is 701. The molecule has 2 aromatic rings. The SMILES string of the molecule is COC(=O)C(Cc1ccc(OCCn2ccnc2)cc1)=C(C)C(C)C. The third-order valence-corrected chi connectivity index (χ3v) is 4.26. The van der Waals surface area contributed by atoms with Crippen molar-refractivity contribution < 1.29 is 14.3 Å². The predicted molar refractivity (Wildman–Crippen MR) is 97.4 cm³/mol. The second-order valence-electron chi connectivity index (χ2n) is 6.28. The van der Waals surface area contributed by atoms with Crippen LogP contribution in [0.5, 0.6) is 5.75 Å². The zero-order valence-corrected chi connectivity index (χ0v) is 15.4. The van der Waals surface area contributed by atoms with Crippen LogP contribution in [0.1, 0.15) is 26.3 Å². The molecule has 0 spiro atoms. The van der Waals surface area contributed by atoms with Gasteiger partial charge in [0.15, 0.2) is 0 Å². The lowest BCUT2D eigenvalue weighted by Crippen LogP contribution is -2.12. The first-order valence-electron chi connectivity index (χ1n) is 8.46. The number of imidazole rings is 1. The van der Waals surface area contributed by atoms with Crippen molar-refractivity contribution in [2.45, 2.75) is 33.7 Å². The summed E-state index contributed by atoms with van der Waals surface area (Å²) < 4.78 is 12.6. The first-order chi connectivity index (χ1) is 12.0. The van der Waals surface area contributed by atoms with Crippen LogP contribution in [0.25, 0.3) is 0 Å². The number of esters is 1. The Morgan fingerprint density at radius 2 is 1.96 bits per heavy atom. The molecule has 0 bridgehead atoms. The Balaban J connectivity index is 1.98. The van der Waals surface area contributed by atoms with Crippen LogP contribution in [-0.2, 0) is 22.5 Å². The molecule has 5 nitrogen and oxygen atoms in total. The summed E-state index contributed by atoms with van der Waals surface area (Å²) in [7, 11) is 1.42. The lowest BCUT2D eigenvalue weighted by molar-refractivity contribution is -0.136. The van der Waals surface area contributed by atoms with Crippen LogP contribution in [-0.4, -0.2) is 29.2 Å². The van der Waals surface area contributed by atoms with E-state index >= 15 is 0 Å². The quantitative estimate of drug-likeness (QED) is 0.543. The molecular weight excluding hydrogens is 316 g/mol. The first kappa shape index (κ1) is 18.8. The van der Waals surface area contributed by atoms with Gasteiger partial charge in [-0.25, -0.2) is 9.78 Å². The molecule has 0 aliphatic rings. The third-order valence-electron chi connectivity index (χ3n) is 4.26. The average molecular weight is 342 g/mol. The number of nitrogens with zero attached hydrogens (tertiary/aromatic N) is 2. The molecule has 0 unspecified atom stereocenters. The van der Waals surface area contributed by atoms with E-state index in [1.807, 2.05) is 42.0 Å². The van der Waals surface area contributed by atoms with Crippen LogP contribution < -0.4 is 4.74 Å². The van der Waals surface area contributed by atoms with E-state index in [0.29, 0.717) is 18.9 Å². The highest BCUT2D eigenvalue weighted by Gasteiger charge is 2.16. The fourth-order valence-corrected chi connectivity index (χ4v) is 2.44. The number of allylic oxidation sites excluding steroid dienone is 1. The Hall–Kier alpha value is -2.56. The Kier molecular flexibility index (Phi) is 6.81. The summed E-state index contributed by atoms with van der Waals surface area (Å²) >= 11 is 0. The molecule has 5 heteroatoms. The lowest BCUT2D eigenvalue weighted by Gasteiger charge is -2.14. The van der Waals surface area contributed by atoms with Gasteiger partial charge in [0.05, 0.1) is 20.0 Å². The molecule has 0 saturated heterocycles. The zero-order valence-electron chi connectivity index (χ0n) is 15.4. The largest absolute Gasteiger partial charge is 0.492 e. The van der Waals surface area contributed by atoms with Crippen molar-refractivity contribution >= 4 is 5.97 Å². The number of methoxy groups -OCH3 is 1. The minimum Gasteiger partial charge on any atom is -0.492 e. The first-order valence-corrected chi connectivity index (χ1v) is 8.46. The molecule has 0 aliphatic heterocycles. The van der Waals surface area contributed by atoms with Gasteiger partial charge in [-0.05, 0) is 30.5 Å². The average Bonchev–Trinajstić information content (AvgIpc) is 3.13. The number of hydrogen-bond donors (Lipinski definition) is 0. The van der Waals surface area contributed by atoms with Gasteiger partial charge < -0.3 is 14.0 Å². The molecule has 0 saturated carbocycles. The van der Waals surface area contributed by atoms with Crippen molar-refractivity contribution in [2.24, 2.45) is 5.92 Å². The highest BCUT2D eigenvalue weighted by Crippen LogP contribution is 2.21. The van der Waals surface area contributed by atoms with E-state index in [1.54, 1.807) is 12.5 Å². The molecule has 0 radical (unpaired) electrons. The van der Waals surface area contributed by atoms with E-state index < -0.39 is 0 Å². The van der Waals surface area contributed by atoms with Crippen molar-refractivity contribution in [1.82, 2.24) is 9.55 Å². The second kappa shape index (κ2) is 9.06. The maximum absolute atomic E-state index is 12.1. The fraction of sp³-hybridized carbons (Fsp3) is 0.400. The number of hydrogen-bond acceptors (Lipinski definition) is 4. The summed E-state index contributed by atoms with van der Waals surface area (Å²) in [5.74, 6) is 0.861. The smallest absolute Gasteiger partial charge is 0.334 e. The zero-order chi connectivity index (χ0) is 18.2. The summed E-state index contributed by atoms with van der Waals surface area (Å²) in [4.78, 5) is 16.1. The second-order valence-corrected chi connectivity index (χ2v) is 6.28. The van der Waals surface area contributed by atoms with Crippen LogP contribution in [0.15, 0.2) is 54.1 Å². The topological polar surface area (TPSA) is 53.4 Å². The lowest BCUT2D eigenvalue weighted by atomic mass is 9.94. The van der Waals surface area contributed by atoms with Gasteiger partial charge in [-0.2, -0.15) is 0 Å². The number of ether oxygens (including phenoxy) is 2.